The Bertz CT molecular complexity index is 1550. The monoisotopic (exact) mass is 414 g/mol. The van der Waals surface area contributed by atoms with E-state index in [1.165, 1.54) is 25.7 Å². The first-order chi connectivity index (χ1) is 14.0. The van der Waals surface area contributed by atoms with Crippen LogP contribution in [0.2, 0.25) is 0 Å². The molecule has 6 aromatic rings. The molecule has 0 radical (unpaired) electrons. The highest BCUT2D eigenvalue weighted by Crippen LogP contribution is 2.42. The van der Waals surface area contributed by atoms with Crippen LogP contribution >= 0.6 is 22.7 Å². The molecular weight excluding hydrogens is 396 g/mol. The number of thiophene rings is 2. The lowest BCUT2D eigenvalue weighted by Gasteiger charge is -2.21. The summed E-state index contributed by atoms with van der Waals surface area (Å²) in [6.07, 6.45) is 1.61. The van der Waals surface area contributed by atoms with Gasteiger partial charge in [-0.2, -0.15) is 0 Å². The van der Waals surface area contributed by atoms with Gasteiger partial charge in [-0.15, -0.1) is 22.7 Å². The zero-order chi connectivity index (χ0) is 19.8. The lowest BCUT2D eigenvalue weighted by molar-refractivity contribution is 0.597. The van der Waals surface area contributed by atoms with Crippen molar-refractivity contribution in [3.63, 3.8) is 0 Å². The van der Waals surface area contributed by atoms with E-state index in [4.69, 9.17) is 9.40 Å². The van der Waals surface area contributed by atoms with E-state index >= 15 is 0 Å². The number of hydrogen-bond donors (Lipinski definition) is 0. The second-order valence-corrected chi connectivity index (χ2v) is 10.2. The zero-order valence-electron chi connectivity index (χ0n) is 16.3. The highest BCUT2D eigenvalue weighted by atomic mass is 32.1. The Kier molecular flexibility index (Phi) is 3.47. The van der Waals surface area contributed by atoms with Gasteiger partial charge in [-0.3, -0.25) is 0 Å². The third-order valence-electron chi connectivity index (χ3n) is 5.49. The summed E-state index contributed by atoms with van der Waals surface area (Å²) in [4.78, 5) is 9.19. The largest absolute Gasteiger partial charge is 0.438 e. The molecule has 29 heavy (non-hydrogen) atoms. The van der Waals surface area contributed by atoms with Gasteiger partial charge in [0.05, 0.1) is 11.1 Å². The molecular formula is C24H18N2OS2. The lowest BCUT2D eigenvalue weighted by Crippen LogP contribution is -2.11. The molecule has 0 atom stereocenters. The first-order valence-corrected chi connectivity index (χ1v) is 11.3. The van der Waals surface area contributed by atoms with Crippen LogP contribution in [0.15, 0.2) is 57.9 Å². The minimum Gasteiger partial charge on any atom is -0.438 e. The number of furan rings is 1. The maximum absolute atomic E-state index is 6.12. The van der Waals surface area contributed by atoms with Crippen LogP contribution in [0.4, 0.5) is 0 Å². The summed E-state index contributed by atoms with van der Waals surface area (Å²) >= 11 is 3.54. The third kappa shape index (κ3) is 2.47. The Morgan fingerprint density at radius 2 is 1.62 bits per heavy atom. The minimum absolute atomic E-state index is 0.0464. The summed E-state index contributed by atoms with van der Waals surface area (Å²) < 4.78 is 8.70. The van der Waals surface area contributed by atoms with Gasteiger partial charge in [-0.05, 0) is 68.9 Å². The maximum atomic E-state index is 6.12. The Labute approximate surface area is 175 Å². The van der Waals surface area contributed by atoms with Gasteiger partial charge in [0.25, 0.3) is 0 Å². The average Bonchev–Trinajstić information content (AvgIpc) is 3.41. The molecule has 0 N–H and O–H groups in total. The zero-order valence-corrected chi connectivity index (χ0v) is 17.9. The van der Waals surface area contributed by atoms with E-state index in [1.807, 2.05) is 6.07 Å². The van der Waals surface area contributed by atoms with E-state index in [9.17, 15) is 0 Å². The molecule has 142 valence electrons. The van der Waals surface area contributed by atoms with Crippen molar-refractivity contribution in [2.45, 2.75) is 26.2 Å². The summed E-state index contributed by atoms with van der Waals surface area (Å²) in [7, 11) is 0. The van der Waals surface area contributed by atoms with Gasteiger partial charge >= 0.3 is 0 Å². The van der Waals surface area contributed by atoms with Crippen LogP contribution in [-0.2, 0) is 5.41 Å². The Morgan fingerprint density at radius 3 is 2.45 bits per heavy atom. The predicted molar refractivity (Wildman–Crippen MR) is 124 cm³/mol. The Balaban J connectivity index is 1.76. The fourth-order valence-corrected chi connectivity index (χ4v) is 6.16. The molecule has 3 nitrogen and oxygen atoms in total. The molecule has 0 bridgehead atoms. The van der Waals surface area contributed by atoms with Crippen molar-refractivity contribution in [2.75, 3.05) is 0 Å². The van der Waals surface area contributed by atoms with E-state index in [1.54, 1.807) is 29.0 Å². The highest BCUT2D eigenvalue weighted by molar-refractivity contribution is 7.18. The second kappa shape index (κ2) is 5.88. The second-order valence-electron chi connectivity index (χ2n) is 8.39. The van der Waals surface area contributed by atoms with E-state index in [2.05, 4.69) is 66.8 Å². The molecule has 0 fully saturated rings. The van der Waals surface area contributed by atoms with E-state index < -0.39 is 0 Å². The number of rotatable bonds is 1. The van der Waals surface area contributed by atoms with Gasteiger partial charge in [0.1, 0.15) is 11.9 Å². The summed E-state index contributed by atoms with van der Waals surface area (Å²) in [6.45, 7) is 6.80. The molecule has 0 amide bonds. The number of benzene rings is 2. The van der Waals surface area contributed by atoms with Gasteiger partial charge in [0.15, 0.2) is 0 Å². The molecule has 4 aromatic heterocycles. The molecule has 0 spiro atoms. The minimum atomic E-state index is 0.0464. The van der Waals surface area contributed by atoms with Gasteiger partial charge < -0.3 is 4.42 Å². The molecule has 6 rings (SSSR count). The van der Waals surface area contributed by atoms with E-state index in [0.29, 0.717) is 5.71 Å². The molecule has 0 aliphatic carbocycles. The summed E-state index contributed by atoms with van der Waals surface area (Å²) in [5.41, 5.74) is 4.96. The van der Waals surface area contributed by atoms with E-state index in [-0.39, 0.29) is 5.41 Å². The van der Waals surface area contributed by atoms with Crippen LogP contribution in [0.3, 0.4) is 0 Å². The summed E-state index contributed by atoms with van der Waals surface area (Å²) in [5.74, 6) is 0. The van der Waals surface area contributed by atoms with Crippen molar-refractivity contribution in [2.24, 2.45) is 0 Å². The predicted octanol–water partition coefficient (Wildman–Crippen LogP) is 7.77. The third-order valence-corrected chi connectivity index (χ3v) is 7.40. The Hall–Kier alpha value is -2.76. The highest BCUT2D eigenvalue weighted by Gasteiger charge is 2.22. The summed E-state index contributed by atoms with van der Waals surface area (Å²) in [6, 6.07) is 13.0. The normalized spacial score (nSPS) is 12.7. The average molecular weight is 415 g/mol. The van der Waals surface area contributed by atoms with Crippen LogP contribution in [0.5, 0.6) is 0 Å². The van der Waals surface area contributed by atoms with Gasteiger partial charge in [-0.25, -0.2) is 9.97 Å². The van der Waals surface area contributed by atoms with Crippen molar-refractivity contribution >= 4 is 64.9 Å². The van der Waals surface area contributed by atoms with E-state index in [0.717, 1.165) is 27.6 Å². The van der Waals surface area contributed by atoms with Crippen molar-refractivity contribution in [1.82, 2.24) is 9.97 Å². The maximum Gasteiger partial charge on any atom is 0.231 e. The first-order valence-electron chi connectivity index (χ1n) is 9.56. The van der Waals surface area contributed by atoms with Crippen LogP contribution < -0.4 is 0 Å². The van der Waals surface area contributed by atoms with Crippen molar-refractivity contribution < 1.29 is 4.42 Å². The number of aromatic nitrogens is 2. The number of nitrogens with zero attached hydrogens (tertiary/aromatic N) is 2. The van der Waals surface area contributed by atoms with Crippen LogP contribution in [-0.4, -0.2) is 9.97 Å². The Morgan fingerprint density at radius 1 is 0.828 bits per heavy atom. The lowest BCUT2D eigenvalue weighted by atomic mass is 9.85. The number of hydrogen-bond acceptors (Lipinski definition) is 5. The van der Waals surface area contributed by atoms with Crippen molar-refractivity contribution in [3.05, 3.63) is 59.0 Å². The molecule has 4 heterocycles. The molecule has 0 aliphatic heterocycles. The molecule has 5 heteroatoms. The smallest absolute Gasteiger partial charge is 0.231 e. The molecule has 0 saturated carbocycles. The van der Waals surface area contributed by atoms with Gasteiger partial charge in [0, 0.05) is 20.3 Å². The van der Waals surface area contributed by atoms with Crippen LogP contribution in [0, 0.1) is 0 Å². The van der Waals surface area contributed by atoms with Gasteiger partial charge in [0.2, 0.25) is 5.71 Å². The standard InChI is InChI=1S/C24H18N2OS2/c1-24(2,3)16-11-15(10-14-7-9-28-21(14)16)20-19-18-17(27-23(19)26-12-25-20)5-4-13-6-8-29-22(13)18/h4-12H,1-3H3. The number of fused-ring (bicyclic) bond motifs is 6. The molecule has 0 saturated heterocycles. The summed E-state index contributed by atoms with van der Waals surface area (Å²) in [5, 5.41) is 8.90. The fraction of sp³-hybridized carbons (Fsp3) is 0.167. The van der Waals surface area contributed by atoms with Crippen molar-refractivity contribution in [1.29, 1.82) is 0 Å². The first kappa shape index (κ1) is 17.1. The SMILES string of the molecule is CC(C)(C)c1cc(-c2ncnc3oc4ccc5ccsc5c4c23)cc2ccsc12. The van der Waals surface area contributed by atoms with Crippen LogP contribution in [0.1, 0.15) is 26.3 Å². The topological polar surface area (TPSA) is 38.9 Å². The molecule has 0 aliphatic rings. The van der Waals surface area contributed by atoms with Crippen molar-refractivity contribution in [3.8, 4) is 11.3 Å². The van der Waals surface area contributed by atoms with Gasteiger partial charge in [-0.1, -0.05) is 20.8 Å². The molecule has 2 aromatic carbocycles. The van der Waals surface area contributed by atoms with Crippen LogP contribution in [0.25, 0.3) is 53.5 Å². The molecule has 0 unspecified atom stereocenters. The quantitative estimate of drug-likeness (QED) is 0.276. The fourth-order valence-electron chi connectivity index (χ4n) is 4.11.